The van der Waals surface area contributed by atoms with Crippen molar-refractivity contribution in [1.29, 1.82) is 0 Å². The fourth-order valence-electron chi connectivity index (χ4n) is 2.01. The maximum absolute atomic E-state index is 12.0. The number of carbonyl (C=O) groups is 1. The molecule has 1 unspecified atom stereocenters. The molecule has 9 heteroatoms. The van der Waals surface area contributed by atoms with Gasteiger partial charge in [0.25, 0.3) is 5.69 Å². The number of hydrogen-bond donors (Lipinski definition) is 1. The van der Waals surface area contributed by atoms with E-state index < -0.39 is 11.0 Å². The zero-order valence-corrected chi connectivity index (χ0v) is 12.7. The molecule has 1 aromatic carbocycles. The molecule has 1 aromatic rings. The van der Waals surface area contributed by atoms with E-state index in [1.807, 2.05) is 0 Å². The number of nitro groups is 1. The maximum Gasteiger partial charge on any atom is 0.415 e. The molecule has 1 fully saturated rings. The van der Waals surface area contributed by atoms with Gasteiger partial charge in [-0.15, -0.1) is 0 Å². The number of nitro benzene ring substituents is 1. The standard InChI is InChI=1S/C13H15N3O5S/c1-20-14-12-6-11(22)7-15(12)13(17)21-8-9-2-4-10(5-3-9)16(18)19/h2-5,11,22H,6-8H2,1H3. The van der Waals surface area contributed by atoms with Crippen LogP contribution in [0.2, 0.25) is 0 Å². The van der Waals surface area contributed by atoms with E-state index in [2.05, 4.69) is 17.8 Å². The highest BCUT2D eigenvalue weighted by atomic mass is 32.1. The Hall–Kier alpha value is -2.29. The molecule has 2 rings (SSSR count). The summed E-state index contributed by atoms with van der Waals surface area (Å²) in [6.07, 6.45) is -0.0328. The molecule has 0 aromatic heterocycles. The molecule has 0 aliphatic carbocycles. The monoisotopic (exact) mass is 325 g/mol. The van der Waals surface area contributed by atoms with Crippen molar-refractivity contribution in [2.24, 2.45) is 5.16 Å². The first-order valence-electron chi connectivity index (χ1n) is 6.47. The lowest BCUT2D eigenvalue weighted by atomic mass is 10.2. The summed E-state index contributed by atoms with van der Waals surface area (Å²) in [7, 11) is 1.40. The number of thiol groups is 1. The first-order chi connectivity index (χ1) is 10.5. The van der Waals surface area contributed by atoms with Crippen molar-refractivity contribution in [2.45, 2.75) is 18.3 Å². The third-order valence-electron chi connectivity index (χ3n) is 3.05. The molecule has 0 N–H and O–H groups in total. The fraction of sp³-hybridized carbons (Fsp3) is 0.385. The zero-order valence-electron chi connectivity index (χ0n) is 11.8. The van der Waals surface area contributed by atoms with Crippen LogP contribution in [0, 0.1) is 10.1 Å². The Morgan fingerprint density at radius 3 is 2.77 bits per heavy atom. The molecule has 0 radical (unpaired) electrons. The van der Waals surface area contributed by atoms with Crippen LogP contribution in [0.3, 0.4) is 0 Å². The van der Waals surface area contributed by atoms with Gasteiger partial charge >= 0.3 is 6.09 Å². The van der Waals surface area contributed by atoms with Crippen LogP contribution in [0.15, 0.2) is 29.4 Å². The number of amides is 1. The molecule has 1 atom stereocenters. The molecule has 1 heterocycles. The minimum absolute atomic E-state index is 0.0120. The van der Waals surface area contributed by atoms with Gasteiger partial charge in [-0.1, -0.05) is 5.16 Å². The smallest absolute Gasteiger partial charge is 0.415 e. The van der Waals surface area contributed by atoms with Crippen LogP contribution < -0.4 is 0 Å². The molecular weight excluding hydrogens is 310 g/mol. The average Bonchev–Trinajstić information content (AvgIpc) is 2.86. The van der Waals surface area contributed by atoms with Gasteiger partial charge in [0.2, 0.25) is 0 Å². The number of non-ortho nitro benzene ring substituents is 1. The Bertz CT molecular complexity index is 590. The van der Waals surface area contributed by atoms with Gasteiger partial charge < -0.3 is 9.57 Å². The zero-order chi connectivity index (χ0) is 16.1. The Morgan fingerprint density at radius 1 is 1.50 bits per heavy atom. The molecule has 8 nitrogen and oxygen atoms in total. The maximum atomic E-state index is 12.0. The minimum atomic E-state index is -0.550. The summed E-state index contributed by atoms with van der Waals surface area (Å²) >= 11 is 4.32. The Labute approximate surface area is 132 Å². The lowest BCUT2D eigenvalue weighted by molar-refractivity contribution is -0.384. The lowest BCUT2D eigenvalue weighted by Gasteiger charge is -2.16. The summed E-state index contributed by atoms with van der Waals surface area (Å²) in [5, 5.41) is 14.3. The number of oxime groups is 1. The largest absolute Gasteiger partial charge is 0.444 e. The number of rotatable bonds is 4. The van der Waals surface area contributed by atoms with Gasteiger partial charge in [-0.05, 0) is 17.7 Å². The predicted molar refractivity (Wildman–Crippen MR) is 81.8 cm³/mol. The van der Waals surface area contributed by atoms with E-state index >= 15 is 0 Å². The number of carbonyl (C=O) groups excluding carboxylic acids is 1. The van der Waals surface area contributed by atoms with Crippen molar-refractivity contribution in [3.8, 4) is 0 Å². The second kappa shape index (κ2) is 7.12. The predicted octanol–water partition coefficient (Wildman–Crippen LogP) is 2.20. The summed E-state index contributed by atoms with van der Waals surface area (Å²) < 4.78 is 5.18. The van der Waals surface area contributed by atoms with Crippen molar-refractivity contribution in [1.82, 2.24) is 4.90 Å². The van der Waals surface area contributed by atoms with Gasteiger partial charge in [0.15, 0.2) is 5.84 Å². The van der Waals surface area contributed by atoms with Gasteiger partial charge in [0, 0.05) is 30.3 Å². The number of benzene rings is 1. The molecular formula is C13H15N3O5S. The molecule has 1 amide bonds. The minimum Gasteiger partial charge on any atom is -0.444 e. The fourth-order valence-corrected chi connectivity index (χ4v) is 2.34. The normalized spacial score (nSPS) is 19.3. The van der Waals surface area contributed by atoms with Crippen molar-refractivity contribution in [2.75, 3.05) is 13.7 Å². The van der Waals surface area contributed by atoms with Crippen LogP contribution in [0.25, 0.3) is 0 Å². The van der Waals surface area contributed by atoms with Crippen LogP contribution >= 0.6 is 12.6 Å². The Balaban J connectivity index is 1.94. The van der Waals surface area contributed by atoms with E-state index in [1.54, 1.807) is 12.1 Å². The van der Waals surface area contributed by atoms with Gasteiger partial charge in [0.05, 0.1) is 4.92 Å². The van der Waals surface area contributed by atoms with E-state index in [0.29, 0.717) is 24.4 Å². The summed E-state index contributed by atoms with van der Waals surface area (Å²) in [5.41, 5.74) is 0.646. The van der Waals surface area contributed by atoms with Gasteiger partial charge in [-0.2, -0.15) is 12.6 Å². The molecule has 1 aliphatic rings. The van der Waals surface area contributed by atoms with Crippen molar-refractivity contribution < 1.29 is 19.3 Å². The topological polar surface area (TPSA) is 94.3 Å². The SMILES string of the molecule is CON=C1CC(S)CN1C(=O)OCc1ccc([N+](=O)[O-])cc1. The van der Waals surface area contributed by atoms with Crippen molar-refractivity contribution in [3.05, 3.63) is 39.9 Å². The third kappa shape index (κ3) is 3.88. The van der Waals surface area contributed by atoms with E-state index in [9.17, 15) is 14.9 Å². The quantitative estimate of drug-likeness (QED) is 0.520. The van der Waals surface area contributed by atoms with Gasteiger partial charge in [0.1, 0.15) is 13.7 Å². The summed E-state index contributed by atoms with van der Waals surface area (Å²) in [6, 6.07) is 5.81. The van der Waals surface area contributed by atoms with Crippen LogP contribution in [-0.2, 0) is 16.2 Å². The second-order valence-electron chi connectivity index (χ2n) is 4.64. The Morgan fingerprint density at radius 2 is 2.18 bits per heavy atom. The summed E-state index contributed by atoms with van der Waals surface area (Å²) in [4.78, 5) is 28.2. The molecule has 22 heavy (non-hydrogen) atoms. The molecule has 0 spiro atoms. The highest BCUT2D eigenvalue weighted by Gasteiger charge is 2.32. The molecule has 1 aliphatic heterocycles. The molecule has 118 valence electrons. The van der Waals surface area contributed by atoms with Gasteiger partial charge in [-0.25, -0.2) is 4.79 Å². The number of nitrogens with zero attached hydrogens (tertiary/aromatic N) is 3. The number of hydrogen-bond acceptors (Lipinski definition) is 7. The summed E-state index contributed by atoms with van der Waals surface area (Å²) in [5.74, 6) is 0.469. The number of ether oxygens (including phenoxy) is 1. The highest BCUT2D eigenvalue weighted by Crippen LogP contribution is 2.19. The van der Waals surface area contributed by atoms with E-state index in [0.717, 1.165) is 0 Å². The summed E-state index contributed by atoms with van der Waals surface area (Å²) in [6.45, 7) is 0.412. The van der Waals surface area contributed by atoms with Crippen LogP contribution in [0.5, 0.6) is 0 Å². The van der Waals surface area contributed by atoms with Crippen LogP contribution in [-0.4, -0.2) is 40.7 Å². The van der Waals surface area contributed by atoms with Gasteiger partial charge in [-0.3, -0.25) is 15.0 Å². The second-order valence-corrected chi connectivity index (χ2v) is 5.37. The first-order valence-corrected chi connectivity index (χ1v) is 6.98. The van der Waals surface area contributed by atoms with Crippen LogP contribution in [0.4, 0.5) is 10.5 Å². The van der Waals surface area contributed by atoms with E-state index in [4.69, 9.17) is 9.57 Å². The molecule has 1 saturated heterocycles. The van der Waals surface area contributed by atoms with Crippen LogP contribution in [0.1, 0.15) is 12.0 Å². The molecule has 0 bridgehead atoms. The third-order valence-corrected chi connectivity index (χ3v) is 3.40. The number of amidine groups is 1. The molecule has 0 saturated carbocycles. The van der Waals surface area contributed by atoms with Crippen molar-refractivity contribution >= 4 is 30.2 Å². The Kier molecular flexibility index (Phi) is 5.21. The first kappa shape index (κ1) is 16.1. The number of likely N-dealkylation sites (tertiary alicyclic amines) is 1. The van der Waals surface area contributed by atoms with E-state index in [-0.39, 0.29) is 17.5 Å². The average molecular weight is 325 g/mol. The highest BCUT2D eigenvalue weighted by molar-refractivity contribution is 7.81. The lowest BCUT2D eigenvalue weighted by Crippen LogP contribution is -2.33. The van der Waals surface area contributed by atoms with E-state index in [1.165, 1.54) is 24.1 Å². The van der Waals surface area contributed by atoms with Crippen molar-refractivity contribution in [3.63, 3.8) is 0 Å².